The van der Waals surface area contributed by atoms with E-state index in [4.69, 9.17) is 11.6 Å². The van der Waals surface area contributed by atoms with Crippen LogP contribution in [0.15, 0.2) is 42.6 Å². The first kappa shape index (κ1) is 15.1. The first-order valence-electron chi connectivity index (χ1n) is 8.05. The van der Waals surface area contributed by atoms with Crippen molar-refractivity contribution in [3.8, 4) is 0 Å². The first-order valence-corrected chi connectivity index (χ1v) is 8.43. The molecule has 24 heavy (non-hydrogen) atoms. The Hall–Kier alpha value is -2.40. The highest BCUT2D eigenvalue weighted by molar-refractivity contribution is 6.30. The molecule has 0 atom stereocenters. The zero-order chi connectivity index (χ0) is 16.5. The number of pyridine rings is 1. The van der Waals surface area contributed by atoms with E-state index in [-0.39, 0.29) is 5.91 Å². The van der Waals surface area contributed by atoms with E-state index < -0.39 is 0 Å². The molecule has 3 aromatic rings. The molecule has 2 heterocycles. The predicted molar refractivity (Wildman–Crippen MR) is 92.0 cm³/mol. The van der Waals surface area contributed by atoms with Crippen molar-refractivity contribution in [2.24, 2.45) is 5.92 Å². The van der Waals surface area contributed by atoms with Gasteiger partial charge in [0.15, 0.2) is 5.65 Å². The number of hydrogen-bond donors (Lipinski definition) is 1. The standard InChI is InChI=1S/C18H17ClN4O/c19-15-3-1-2-13(8-15)10-20-18(24)14-6-7-16-21-22-17(23(16)11-14)9-12-4-5-12/h1-3,6-8,11-12H,4-5,9-10H2,(H,20,24). The van der Waals surface area contributed by atoms with E-state index in [9.17, 15) is 4.79 Å². The molecule has 5 nitrogen and oxygen atoms in total. The van der Waals surface area contributed by atoms with Gasteiger partial charge in [0.05, 0.1) is 5.56 Å². The third kappa shape index (κ3) is 3.26. The van der Waals surface area contributed by atoms with Crippen LogP contribution >= 0.6 is 11.6 Å². The van der Waals surface area contributed by atoms with E-state index in [0.29, 0.717) is 17.1 Å². The summed E-state index contributed by atoms with van der Waals surface area (Å²) in [6.07, 6.45) is 5.26. The monoisotopic (exact) mass is 340 g/mol. The maximum absolute atomic E-state index is 12.4. The van der Waals surface area contributed by atoms with Gasteiger partial charge in [0, 0.05) is 24.2 Å². The van der Waals surface area contributed by atoms with Crippen molar-refractivity contribution in [3.63, 3.8) is 0 Å². The SMILES string of the molecule is O=C(NCc1cccc(Cl)c1)c1ccc2nnc(CC3CC3)n2c1. The average Bonchev–Trinajstić information content (AvgIpc) is 3.32. The van der Waals surface area contributed by atoms with Crippen molar-refractivity contribution in [2.45, 2.75) is 25.8 Å². The lowest BCUT2D eigenvalue weighted by atomic mass is 10.2. The van der Waals surface area contributed by atoms with Gasteiger partial charge in [-0.1, -0.05) is 23.7 Å². The summed E-state index contributed by atoms with van der Waals surface area (Å²) < 4.78 is 1.92. The lowest BCUT2D eigenvalue weighted by molar-refractivity contribution is 0.0950. The molecule has 0 bridgehead atoms. The summed E-state index contributed by atoms with van der Waals surface area (Å²) in [6, 6.07) is 11.1. The molecule has 1 amide bonds. The smallest absolute Gasteiger partial charge is 0.253 e. The number of halogens is 1. The highest BCUT2D eigenvalue weighted by atomic mass is 35.5. The first-order chi connectivity index (χ1) is 11.7. The van der Waals surface area contributed by atoms with Gasteiger partial charge < -0.3 is 5.32 Å². The van der Waals surface area contributed by atoms with E-state index in [2.05, 4.69) is 15.5 Å². The number of rotatable bonds is 5. The quantitative estimate of drug-likeness (QED) is 0.775. The van der Waals surface area contributed by atoms with Gasteiger partial charge in [-0.25, -0.2) is 0 Å². The fourth-order valence-corrected chi connectivity index (χ4v) is 2.94. The fourth-order valence-electron chi connectivity index (χ4n) is 2.72. The van der Waals surface area contributed by atoms with Crippen LogP contribution in [0.5, 0.6) is 0 Å². The molecule has 1 aliphatic carbocycles. The van der Waals surface area contributed by atoms with Crippen LogP contribution in [-0.4, -0.2) is 20.5 Å². The van der Waals surface area contributed by atoms with Gasteiger partial charge >= 0.3 is 0 Å². The number of aromatic nitrogens is 3. The molecular formula is C18H17ClN4O. The van der Waals surface area contributed by atoms with Crippen LogP contribution in [0.25, 0.3) is 5.65 Å². The molecule has 4 rings (SSSR count). The van der Waals surface area contributed by atoms with Crippen LogP contribution in [-0.2, 0) is 13.0 Å². The Morgan fingerprint density at radius 3 is 2.92 bits per heavy atom. The van der Waals surface area contributed by atoms with Crippen molar-refractivity contribution < 1.29 is 4.79 Å². The molecule has 0 saturated heterocycles. The molecular weight excluding hydrogens is 324 g/mol. The minimum atomic E-state index is -0.122. The van der Waals surface area contributed by atoms with Gasteiger partial charge in [-0.2, -0.15) is 0 Å². The van der Waals surface area contributed by atoms with E-state index in [0.717, 1.165) is 29.4 Å². The van der Waals surface area contributed by atoms with Crippen LogP contribution in [0.2, 0.25) is 5.02 Å². The van der Waals surface area contributed by atoms with Gasteiger partial charge in [-0.05, 0) is 48.6 Å². The third-order valence-corrected chi connectivity index (χ3v) is 4.48. The average molecular weight is 341 g/mol. The number of fused-ring (bicyclic) bond motifs is 1. The molecule has 1 saturated carbocycles. The number of carbonyl (C=O) groups excluding carboxylic acids is 1. The van der Waals surface area contributed by atoms with E-state index in [1.54, 1.807) is 6.07 Å². The molecule has 0 aliphatic heterocycles. The Morgan fingerprint density at radius 2 is 2.12 bits per heavy atom. The summed E-state index contributed by atoms with van der Waals surface area (Å²) >= 11 is 5.96. The van der Waals surface area contributed by atoms with E-state index in [1.165, 1.54) is 12.8 Å². The third-order valence-electron chi connectivity index (χ3n) is 4.25. The summed E-state index contributed by atoms with van der Waals surface area (Å²) in [5.41, 5.74) is 2.34. The predicted octanol–water partition coefficient (Wildman–Crippen LogP) is 3.27. The molecule has 122 valence electrons. The molecule has 1 fully saturated rings. The van der Waals surface area contributed by atoms with Crippen molar-refractivity contribution >= 4 is 23.2 Å². The number of amides is 1. The lowest BCUT2D eigenvalue weighted by Gasteiger charge is -2.07. The Morgan fingerprint density at radius 1 is 1.25 bits per heavy atom. The largest absolute Gasteiger partial charge is 0.348 e. The summed E-state index contributed by atoms with van der Waals surface area (Å²) in [5.74, 6) is 1.53. The lowest BCUT2D eigenvalue weighted by Crippen LogP contribution is -2.23. The van der Waals surface area contributed by atoms with Crippen LogP contribution < -0.4 is 5.32 Å². The second-order valence-electron chi connectivity index (χ2n) is 6.22. The zero-order valence-corrected chi connectivity index (χ0v) is 13.8. The van der Waals surface area contributed by atoms with Crippen molar-refractivity contribution in [2.75, 3.05) is 0 Å². The highest BCUT2D eigenvalue weighted by Crippen LogP contribution is 2.32. The molecule has 0 spiro atoms. The second-order valence-corrected chi connectivity index (χ2v) is 6.66. The van der Waals surface area contributed by atoms with Gasteiger partial charge in [-0.15, -0.1) is 10.2 Å². The summed E-state index contributed by atoms with van der Waals surface area (Å²) in [4.78, 5) is 12.4. The Labute approximate surface area is 144 Å². The number of carbonyl (C=O) groups is 1. The number of benzene rings is 1. The minimum absolute atomic E-state index is 0.122. The van der Waals surface area contributed by atoms with Crippen LogP contribution in [0.3, 0.4) is 0 Å². The van der Waals surface area contributed by atoms with Crippen LogP contribution in [0.4, 0.5) is 0 Å². The number of nitrogens with one attached hydrogen (secondary N) is 1. The van der Waals surface area contributed by atoms with Gasteiger partial charge in [0.1, 0.15) is 5.82 Å². The van der Waals surface area contributed by atoms with Crippen LogP contribution in [0, 0.1) is 5.92 Å². The van der Waals surface area contributed by atoms with Gasteiger partial charge in [0.2, 0.25) is 0 Å². The second kappa shape index (κ2) is 6.24. The minimum Gasteiger partial charge on any atom is -0.348 e. The molecule has 1 aliphatic rings. The maximum atomic E-state index is 12.4. The molecule has 0 radical (unpaired) electrons. The number of nitrogens with zero attached hydrogens (tertiary/aromatic N) is 3. The van der Waals surface area contributed by atoms with Gasteiger partial charge in [0.25, 0.3) is 5.91 Å². The molecule has 0 unspecified atom stereocenters. The maximum Gasteiger partial charge on any atom is 0.253 e. The van der Waals surface area contributed by atoms with Crippen molar-refractivity contribution in [1.82, 2.24) is 19.9 Å². The summed E-state index contributed by atoms with van der Waals surface area (Å²) in [7, 11) is 0. The fraction of sp³-hybridized carbons (Fsp3) is 0.278. The van der Waals surface area contributed by atoms with E-state index >= 15 is 0 Å². The Bertz CT molecular complexity index is 901. The van der Waals surface area contributed by atoms with Crippen molar-refractivity contribution in [1.29, 1.82) is 0 Å². The van der Waals surface area contributed by atoms with E-state index in [1.807, 2.05) is 40.9 Å². The Balaban J connectivity index is 1.51. The van der Waals surface area contributed by atoms with Crippen LogP contribution in [0.1, 0.15) is 34.6 Å². The Kier molecular flexibility index (Phi) is 3.94. The van der Waals surface area contributed by atoms with Crippen molar-refractivity contribution in [3.05, 3.63) is 64.6 Å². The molecule has 2 aromatic heterocycles. The van der Waals surface area contributed by atoms with Gasteiger partial charge in [-0.3, -0.25) is 9.20 Å². The summed E-state index contributed by atoms with van der Waals surface area (Å²) in [6.45, 7) is 0.439. The number of hydrogen-bond acceptors (Lipinski definition) is 3. The zero-order valence-electron chi connectivity index (χ0n) is 13.1. The topological polar surface area (TPSA) is 59.3 Å². The summed E-state index contributed by atoms with van der Waals surface area (Å²) in [5, 5.41) is 12.0. The normalized spacial score (nSPS) is 14.0. The molecule has 6 heteroatoms. The highest BCUT2D eigenvalue weighted by Gasteiger charge is 2.24. The molecule has 1 N–H and O–H groups in total. The molecule has 1 aromatic carbocycles.